The average molecular weight is 559 g/mol. The third-order valence-electron chi connectivity index (χ3n) is 6.57. The van der Waals surface area contributed by atoms with E-state index in [1.54, 1.807) is 72.1 Å². The van der Waals surface area contributed by atoms with Gasteiger partial charge in [-0.05, 0) is 55.0 Å². The number of aromatic nitrogens is 3. The molecule has 1 fully saturated rings. The number of benzene rings is 2. The summed E-state index contributed by atoms with van der Waals surface area (Å²) in [4.78, 5) is 49.5. The molecule has 3 aromatic heterocycles. The number of hydrogen-bond donors (Lipinski definition) is 1. The van der Waals surface area contributed by atoms with E-state index in [4.69, 9.17) is 16.3 Å². The van der Waals surface area contributed by atoms with Crippen LogP contribution >= 0.6 is 22.9 Å². The van der Waals surface area contributed by atoms with Gasteiger partial charge in [0.05, 0.1) is 40.2 Å². The maximum atomic E-state index is 13.6. The highest BCUT2D eigenvalue weighted by molar-refractivity contribution is 7.22. The van der Waals surface area contributed by atoms with Crippen molar-refractivity contribution in [1.82, 2.24) is 14.4 Å². The van der Waals surface area contributed by atoms with Gasteiger partial charge in [-0.1, -0.05) is 41.1 Å². The van der Waals surface area contributed by atoms with Crippen LogP contribution in [0.15, 0.2) is 72.4 Å². The number of fused-ring (bicyclic) bond motifs is 2. The van der Waals surface area contributed by atoms with Crippen molar-refractivity contribution in [3.63, 3.8) is 0 Å². The quantitative estimate of drug-likeness (QED) is 0.137. The zero-order valence-corrected chi connectivity index (χ0v) is 22.2. The number of pyridine rings is 1. The van der Waals surface area contributed by atoms with E-state index in [-0.39, 0.29) is 16.5 Å². The number of Topliss-reactive ketones (excluding diaryl/α,β-unsaturated/α-hetero) is 1. The maximum Gasteiger partial charge on any atom is 0.337 e. The van der Waals surface area contributed by atoms with Crippen molar-refractivity contribution in [2.24, 2.45) is 0 Å². The minimum absolute atomic E-state index is 0.114. The van der Waals surface area contributed by atoms with E-state index >= 15 is 0 Å². The van der Waals surface area contributed by atoms with Crippen molar-refractivity contribution in [2.45, 2.75) is 13.0 Å². The highest BCUT2D eigenvalue weighted by Gasteiger charge is 2.48. The molecule has 0 radical (unpaired) electrons. The van der Waals surface area contributed by atoms with E-state index in [1.807, 2.05) is 6.07 Å². The Bertz CT molecular complexity index is 1860. The fourth-order valence-electron chi connectivity index (χ4n) is 4.78. The van der Waals surface area contributed by atoms with E-state index in [9.17, 15) is 19.5 Å². The lowest BCUT2D eigenvalue weighted by Crippen LogP contribution is -2.29. The van der Waals surface area contributed by atoms with Gasteiger partial charge in [-0.15, -0.1) is 0 Å². The predicted octanol–water partition coefficient (Wildman–Crippen LogP) is 5.32. The van der Waals surface area contributed by atoms with Gasteiger partial charge in [0, 0.05) is 11.2 Å². The van der Waals surface area contributed by atoms with Crippen LogP contribution in [-0.2, 0) is 14.3 Å². The van der Waals surface area contributed by atoms with Crippen molar-refractivity contribution >= 4 is 67.4 Å². The molecule has 1 N–H and O–H groups in total. The molecule has 11 heteroatoms. The maximum absolute atomic E-state index is 13.6. The van der Waals surface area contributed by atoms with Gasteiger partial charge >= 0.3 is 11.9 Å². The lowest BCUT2D eigenvalue weighted by Gasteiger charge is -2.23. The second kappa shape index (κ2) is 9.33. The molecule has 1 amide bonds. The number of carbonyl (C=O) groups is 3. The van der Waals surface area contributed by atoms with Gasteiger partial charge in [0.15, 0.2) is 10.9 Å². The number of amides is 1. The van der Waals surface area contributed by atoms with Crippen molar-refractivity contribution < 1.29 is 24.2 Å². The van der Waals surface area contributed by atoms with Crippen LogP contribution < -0.4 is 4.90 Å². The summed E-state index contributed by atoms with van der Waals surface area (Å²) in [6.07, 6.45) is 1.72. The Morgan fingerprint density at radius 2 is 1.85 bits per heavy atom. The molecule has 9 nitrogen and oxygen atoms in total. The largest absolute Gasteiger partial charge is 0.505 e. The number of aryl methyl sites for hydroxylation is 1. The summed E-state index contributed by atoms with van der Waals surface area (Å²) >= 11 is 7.36. The van der Waals surface area contributed by atoms with Gasteiger partial charge in [0.2, 0.25) is 0 Å². The smallest absolute Gasteiger partial charge is 0.337 e. The first-order chi connectivity index (χ1) is 18.8. The fourth-order valence-corrected chi connectivity index (χ4v) is 6.05. The van der Waals surface area contributed by atoms with Crippen molar-refractivity contribution in [3.8, 4) is 0 Å². The number of imidazole rings is 1. The number of ketones is 1. The Morgan fingerprint density at radius 3 is 2.59 bits per heavy atom. The van der Waals surface area contributed by atoms with E-state index in [2.05, 4.69) is 9.97 Å². The SMILES string of the molecule is COC(=O)c1ccc(C2/C(=C(\O)c3c(C)nc4ccccn34)C(=O)C(=O)N2c2nc3ccc(Cl)cc3s2)cc1. The molecule has 1 saturated heterocycles. The Labute approximate surface area is 230 Å². The standard InChI is InChI=1S/C28H19ClN4O5S/c1-14-22(32-12-4-3-5-20(32)30-14)24(34)21-23(15-6-8-16(9-7-15)27(37)38-2)33(26(36)25(21)35)28-31-18-11-10-17(29)13-19(18)39-28/h3-13,23,34H,1-2H3/b24-21+. The molecule has 194 valence electrons. The number of carbonyl (C=O) groups excluding carboxylic acids is 3. The molecule has 5 aromatic rings. The van der Waals surface area contributed by atoms with Gasteiger partial charge in [0.1, 0.15) is 11.3 Å². The third kappa shape index (κ3) is 3.96. The molecule has 1 aliphatic rings. The molecule has 0 saturated carbocycles. The number of hydrogen-bond acceptors (Lipinski definition) is 8. The number of rotatable bonds is 4. The fraction of sp³-hybridized carbons (Fsp3) is 0.107. The highest BCUT2D eigenvalue weighted by atomic mass is 35.5. The van der Waals surface area contributed by atoms with Crippen LogP contribution in [0.1, 0.15) is 33.4 Å². The predicted molar refractivity (Wildman–Crippen MR) is 147 cm³/mol. The minimum atomic E-state index is -1.03. The first-order valence-electron chi connectivity index (χ1n) is 11.8. The zero-order valence-electron chi connectivity index (χ0n) is 20.6. The molecule has 0 aliphatic carbocycles. The minimum Gasteiger partial charge on any atom is -0.505 e. The summed E-state index contributed by atoms with van der Waals surface area (Å²) < 4.78 is 7.19. The first-order valence-corrected chi connectivity index (χ1v) is 13.0. The topological polar surface area (TPSA) is 114 Å². The molecule has 6 rings (SSSR count). The van der Waals surface area contributed by atoms with E-state index in [0.29, 0.717) is 38.7 Å². The Balaban J connectivity index is 1.59. The lowest BCUT2D eigenvalue weighted by molar-refractivity contribution is -0.132. The van der Waals surface area contributed by atoms with Gasteiger partial charge in [0.25, 0.3) is 5.78 Å². The van der Waals surface area contributed by atoms with E-state index in [1.165, 1.54) is 23.3 Å². The molecular weight excluding hydrogens is 540 g/mol. The number of esters is 1. The number of methoxy groups -OCH3 is 1. The molecule has 1 unspecified atom stereocenters. The van der Waals surface area contributed by atoms with E-state index < -0.39 is 23.7 Å². The molecule has 0 bridgehead atoms. The number of thiazole rings is 1. The number of nitrogens with zero attached hydrogens (tertiary/aromatic N) is 4. The summed E-state index contributed by atoms with van der Waals surface area (Å²) in [7, 11) is 1.28. The molecule has 39 heavy (non-hydrogen) atoms. The number of aliphatic hydroxyl groups excluding tert-OH is 1. The van der Waals surface area contributed by atoms with Crippen molar-refractivity contribution in [1.29, 1.82) is 0 Å². The van der Waals surface area contributed by atoms with Crippen molar-refractivity contribution in [3.05, 3.63) is 100.0 Å². The van der Waals surface area contributed by atoms with Crippen LogP contribution in [0.25, 0.3) is 21.6 Å². The summed E-state index contributed by atoms with van der Waals surface area (Å²) in [5, 5.41) is 12.4. The molecule has 1 aliphatic heterocycles. The van der Waals surface area contributed by atoms with Gasteiger partial charge < -0.3 is 9.84 Å². The molecule has 4 heterocycles. The van der Waals surface area contributed by atoms with Gasteiger partial charge in [-0.2, -0.15) is 0 Å². The number of halogens is 1. The van der Waals surface area contributed by atoms with Gasteiger partial charge in [-0.25, -0.2) is 14.8 Å². The number of aliphatic hydroxyl groups is 1. The second-order valence-electron chi connectivity index (χ2n) is 8.87. The summed E-state index contributed by atoms with van der Waals surface area (Å²) in [5.74, 6) is -2.59. The van der Waals surface area contributed by atoms with Crippen LogP contribution in [0, 0.1) is 6.92 Å². The average Bonchev–Trinajstić information content (AvgIpc) is 3.58. The van der Waals surface area contributed by atoms with Crippen molar-refractivity contribution in [2.75, 3.05) is 12.0 Å². The van der Waals surface area contributed by atoms with E-state index in [0.717, 1.165) is 4.70 Å². The van der Waals surface area contributed by atoms with Crippen LogP contribution in [0.3, 0.4) is 0 Å². The molecule has 0 spiro atoms. The van der Waals surface area contributed by atoms with Crippen LogP contribution in [0.2, 0.25) is 5.02 Å². The Kier molecular flexibility index (Phi) is 5.93. The molecular formula is C28H19ClN4O5S. The Morgan fingerprint density at radius 1 is 1.08 bits per heavy atom. The highest BCUT2D eigenvalue weighted by Crippen LogP contribution is 2.45. The Hall–Kier alpha value is -4.54. The first kappa shape index (κ1) is 24.8. The number of ether oxygens (including phenoxy) is 1. The van der Waals surface area contributed by atoms with Crippen LogP contribution in [0.4, 0.5) is 5.13 Å². The summed E-state index contributed by atoms with van der Waals surface area (Å²) in [6.45, 7) is 1.72. The second-order valence-corrected chi connectivity index (χ2v) is 10.3. The van der Waals surface area contributed by atoms with Gasteiger partial charge in [-0.3, -0.25) is 18.9 Å². The summed E-state index contributed by atoms with van der Waals surface area (Å²) in [5.41, 5.74) is 2.65. The molecule has 2 aromatic carbocycles. The normalized spacial score (nSPS) is 16.9. The third-order valence-corrected chi connectivity index (χ3v) is 7.82. The molecule has 1 atom stereocenters. The summed E-state index contributed by atoms with van der Waals surface area (Å²) in [6, 6.07) is 15.8. The zero-order chi connectivity index (χ0) is 27.4. The lowest BCUT2D eigenvalue weighted by atomic mass is 9.95. The van der Waals surface area contributed by atoms with Crippen LogP contribution in [-0.4, -0.2) is 44.2 Å². The number of anilines is 1. The monoisotopic (exact) mass is 558 g/mol. The van der Waals surface area contributed by atoms with Crippen LogP contribution in [0.5, 0.6) is 0 Å².